The molecule has 0 spiro atoms. The van der Waals surface area contributed by atoms with Crippen LogP contribution in [0.3, 0.4) is 0 Å². The lowest BCUT2D eigenvalue weighted by atomic mass is 10.1. The Morgan fingerprint density at radius 2 is 1.47 bits per heavy atom. The van der Waals surface area contributed by atoms with Crippen LogP contribution in [0.25, 0.3) is 0 Å². The molecule has 0 unspecified atom stereocenters. The minimum atomic E-state index is -0.426. The Morgan fingerprint density at radius 1 is 0.861 bits per heavy atom. The summed E-state index contributed by atoms with van der Waals surface area (Å²) >= 11 is 0. The monoisotopic (exact) mass is 483 g/mol. The zero-order valence-corrected chi connectivity index (χ0v) is 21.1. The summed E-state index contributed by atoms with van der Waals surface area (Å²) in [5.74, 6) is 5.34. The minimum absolute atomic E-state index is 0.103. The molecule has 0 aliphatic rings. The SMILES string of the molecule is COC(=O)c1cccc(C#Cc2cccc(NC(=O)N(C)CC(=O)Nc3c(C)cc(C)cc3C)c2)c1. The van der Waals surface area contributed by atoms with Crippen LogP contribution in [0.4, 0.5) is 16.2 Å². The Morgan fingerprint density at radius 3 is 2.11 bits per heavy atom. The van der Waals surface area contributed by atoms with Crippen LogP contribution in [0.5, 0.6) is 0 Å². The first-order valence-electron chi connectivity index (χ1n) is 11.4. The Hall–Kier alpha value is -4.57. The molecule has 7 nitrogen and oxygen atoms in total. The second-order valence-corrected chi connectivity index (χ2v) is 8.51. The average molecular weight is 484 g/mol. The van der Waals surface area contributed by atoms with Gasteiger partial charge in [-0.2, -0.15) is 0 Å². The number of methoxy groups -OCH3 is 1. The number of carbonyl (C=O) groups excluding carboxylic acids is 3. The number of esters is 1. The van der Waals surface area contributed by atoms with Crippen molar-refractivity contribution < 1.29 is 19.1 Å². The van der Waals surface area contributed by atoms with Crippen molar-refractivity contribution in [1.29, 1.82) is 0 Å². The van der Waals surface area contributed by atoms with Gasteiger partial charge in [0.1, 0.15) is 6.54 Å². The van der Waals surface area contributed by atoms with Crippen molar-refractivity contribution >= 4 is 29.3 Å². The molecule has 0 aliphatic heterocycles. The van der Waals surface area contributed by atoms with Crippen LogP contribution >= 0.6 is 0 Å². The van der Waals surface area contributed by atoms with Gasteiger partial charge in [-0.15, -0.1) is 0 Å². The van der Waals surface area contributed by atoms with Crippen molar-refractivity contribution in [2.75, 3.05) is 31.3 Å². The molecule has 0 heterocycles. The van der Waals surface area contributed by atoms with Crippen LogP contribution in [0.1, 0.15) is 38.2 Å². The Labute approximate surface area is 211 Å². The predicted molar refractivity (Wildman–Crippen MR) is 141 cm³/mol. The summed E-state index contributed by atoms with van der Waals surface area (Å²) in [5.41, 5.74) is 6.16. The van der Waals surface area contributed by atoms with Gasteiger partial charge in [0.15, 0.2) is 0 Å². The number of amides is 3. The highest BCUT2D eigenvalue weighted by molar-refractivity contribution is 5.97. The maximum atomic E-state index is 12.7. The molecule has 0 aromatic heterocycles. The van der Waals surface area contributed by atoms with Crippen LogP contribution in [-0.2, 0) is 9.53 Å². The summed E-state index contributed by atoms with van der Waals surface area (Å²) < 4.78 is 4.74. The molecule has 3 aromatic carbocycles. The summed E-state index contributed by atoms with van der Waals surface area (Å²) in [7, 11) is 2.89. The van der Waals surface area contributed by atoms with E-state index in [1.54, 1.807) is 49.5 Å². The van der Waals surface area contributed by atoms with E-state index >= 15 is 0 Å². The molecule has 3 rings (SSSR count). The molecule has 36 heavy (non-hydrogen) atoms. The molecule has 0 aliphatic carbocycles. The van der Waals surface area contributed by atoms with Crippen LogP contribution < -0.4 is 10.6 Å². The van der Waals surface area contributed by atoms with Crippen LogP contribution in [-0.4, -0.2) is 43.5 Å². The fourth-order valence-electron chi connectivity index (χ4n) is 3.72. The lowest BCUT2D eigenvalue weighted by molar-refractivity contribution is -0.116. The van der Waals surface area contributed by atoms with Crippen molar-refractivity contribution in [3.05, 3.63) is 94.0 Å². The number of hydrogen-bond acceptors (Lipinski definition) is 4. The van der Waals surface area contributed by atoms with E-state index in [0.29, 0.717) is 22.4 Å². The number of hydrogen-bond donors (Lipinski definition) is 2. The third kappa shape index (κ3) is 6.97. The van der Waals surface area contributed by atoms with Gasteiger partial charge in [0.05, 0.1) is 12.7 Å². The first kappa shape index (κ1) is 26.0. The Balaban J connectivity index is 1.62. The molecule has 7 heteroatoms. The molecule has 3 amide bonds. The highest BCUT2D eigenvalue weighted by Crippen LogP contribution is 2.22. The molecule has 0 radical (unpaired) electrons. The Bertz CT molecular complexity index is 1350. The standard InChI is InChI=1S/C29H29N3O4/c1-19-14-20(2)27(21(3)15-19)31-26(33)18-32(4)29(35)30-25-11-7-9-23(17-25)13-12-22-8-6-10-24(16-22)28(34)36-5/h6-11,14-17H,18H2,1-5H3,(H,30,35)(H,31,33). The minimum Gasteiger partial charge on any atom is -0.465 e. The normalized spacial score (nSPS) is 10.0. The third-order valence-electron chi connectivity index (χ3n) is 5.42. The van der Waals surface area contributed by atoms with Crippen LogP contribution in [0.2, 0.25) is 0 Å². The summed E-state index contributed by atoms with van der Waals surface area (Å²) in [5, 5.41) is 5.69. The van der Waals surface area contributed by atoms with Gasteiger partial charge in [-0.1, -0.05) is 41.7 Å². The molecule has 0 bridgehead atoms. The summed E-state index contributed by atoms with van der Waals surface area (Å²) in [4.78, 5) is 38.2. The van der Waals surface area contributed by atoms with Crippen molar-refractivity contribution in [3.8, 4) is 11.8 Å². The van der Waals surface area contributed by atoms with E-state index in [1.807, 2.05) is 39.0 Å². The Kier molecular flexibility index (Phi) is 8.48. The maximum absolute atomic E-state index is 12.7. The molecular weight excluding hydrogens is 454 g/mol. The second-order valence-electron chi connectivity index (χ2n) is 8.51. The van der Waals surface area contributed by atoms with Gasteiger partial charge in [-0.3, -0.25) is 4.79 Å². The molecule has 0 atom stereocenters. The van der Waals surface area contributed by atoms with Gasteiger partial charge in [0.2, 0.25) is 5.91 Å². The van der Waals surface area contributed by atoms with Crippen LogP contribution in [0, 0.1) is 32.6 Å². The van der Waals surface area contributed by atoms with Crippen molar-refractivity contribution in [2.45, 2.75) is 20.8 Å². The number of ether oxygens (including phenoxy) is 1. The van der Waals surface area contributed by atoms with E-state index in [4.69, 9.17) is 4.74 Å². The summed E-state index contributed by atoms with van der Waals surface area (Å²) in [6.07, 6.45) is 0. The third-order valence-corrected chi connectivity index (χ3v) is 5.42. The smallest absolute Gasteiger partial charge is 0.337 e. The predicted octanol–water partition coefficient (Wildman–Crippen LogP) is 4.90. The van der Waals surface area contributed by atoms with E-state index < -0.39 is 12.0 Å². The second kappa shape index (κ2) is 11.7. The lowest BCUT2D eigenvalue weighted by Crippen LogP contribution is -2.37. The molecule has 3 aromatic rings. The zero-order valence-electron chi connectivity index (χ0n) is 21.1. The molecule has 2 N–H and O–H groups in total. The fraction of sp³-hybridized carbons (Fsp3) is 0.207. The van der Waals surface area contributed by atoms with E-state index in [0.717, 1.165) is 22.4 Å². The van der Waals surface area contributed by atoms with Gasteiger partial charge in [0.25, 0.3) is 0 Å². The molecular formula is C29H29N3O4. The van der Waals surface area contributed by atoms with Gasteiger partial charge < -0.3 is 20.3 Å². The quantitative estimate of drug-likeness (QED) is 0.399. The number of benzene rings is 3. The van der Waals surface area contributed by atoms with E-state index in [-0.39, 0.29) is 12.5 Å². The summed E-state index contributed by atoms with van der Waals surface area (Å²) in [6, 6.07) is 17.5. The van der Waals surface area contributed by atoms with Gasteiger partial charge in [-0.25, -0.2) is 9.59 Å². The number of nitrogens with one attached hydrogen (secondary N) is 2. The van der Waals surface area contributed by atoms with Crippen molar-refractivity contribution in [1.82, 2.24) is 4.90 Å². The number of rotatable bonds is 5. The van der Waals surface area contributed by atoms with Gasteiger partial charge in [0, 0.05) is 29.5 Å². The van der Waals surface area contributed by atoms with E-state index in [2.05, 4.69) is 22.5 Å². The fourth-order valence-corrected chi connectivity index (χ4v) is 3.72. The van der Waals surface area contributed by atoms with Gasteiger partial charge in [-0.05, 0) is 68.3 Å². The largest absolute Gasteiger partial charge is 0.465 e. The average Bonchev–Trinajstić information content (AvgIpc) is 2.84. The van der Waals surface area contributed by atoms with E-state index in [9.17, 15) is 14.4 Å². The molecule has 0 saturated heterocycles. The number of carbonyl (C=O) groups is 3. The number of urea groups is 1. The zero-order chi connectivity index (χ0) is 26.2. The van der Waals surface area contributed by atoms with Gasteiger partial charge >= 0.3 is 12.0 Å². The number of aryl methyl sites for hydroxylation is 3. The first-order chi connectivity index (χ1) is 17.2. The highest BCUT2D eigenvalue weighted by atomic mass is 16.5. The molecule has 184 valence electrons. The molecule has 0 saturated carbocycles. The maximum Gasteiger partial charge on any atom is 0.337 e. The van der Waals surface area contributed by atoms with Crippen LogP contribution in [0.15, 0.2) is 60.7 Å². The number of likely N-dealkylation sites (N-methyl/N-ethyl adjacent to an activating group) is 1. The topological polar surface area (TPSA) is 87.7 Å². The molecule has 0 fully saturated rings. The lowest BCUT2D eigenvalue weighted by Gasteiger charge is -2.19. The van der Waals surface area contributed by atoms with Crippen molar-refractivity contribution in [3.63, 3.8) is 0 Å². The highest BCUT2D eigenvalue weighted by Gasteiger charge is 2.15. The van der Waals surface area contributed by atoms with Crippen molar-refractivity contribution in [2.24, 2.45) is 0 Å². The first-order valence-corrected chi connectivity index (χ1v) is 11.4. The van der Waals surface area contributed by atoms with E-state index in [1.165, 1.54) is 12.0 Å². The number of nitrogens with zero attached hydrogens (tertiary/aromatic N) is 1. The number of anilines is 2. The summed E-state index contributed by atoms with van der Waals surface area (Å²) in [6.45, 7) is 5.79.